The third kappa shape index (κ3) is 2.22. The molecule has 0 radical (unpaired) electrons. The summed E-state index contributed by atoms with van der Waals surface area (Å²) in [6.45, 7) is 3.61. The first kappa shape index (κ1) is 15.4. The predicted molar refractivity (Wildman–Crippen MR) is 84.8 cm³/mol. The van der Waals surface area contributed by atoms with Crippen molar-refractivity contribution in [1.82, 2.24) is 9.97 Å². The number of halogens is 1. The van der Waals surface area contributed by atoms with Crippen molar-refractivity contribution < 1.29 is 17.9 Å². The highest BCUT2D eigenvalue weighted by molar-refractivity contribution is 7.92. The second-order valence-corrected chi connectivity index (χ2v) is 9.18. The van der Waals surface area contributed by atoms with Gasteiger partial charge in [-0.1, -0.05) is 0 Å². The Kier molecular flexibility index (Phi) is 3.31. The second-order valence-electron chi connectivity index (χ2n) is 6.52. The van der Waals surface area contributed by atoms with Gasteiger partial charge in [0.15, 0.2) is 21.4 Å². The largest absolute Gasteiger partial charge is 0.486 e. The summed E-state index contributed by atoms with van der Waals surface area (Å²) >= 11 is 6.11. The van der Waals surface area contributed by atoms with Gasteiger partial charge in [-0.25, -0.2) is 13.4 Å². The maximum Gasteiger partial charge on any atom is 0.224 e. The molecule has 126 valence electrons. The van der Waals surface area contributed by atoms with Crippen molar-refractivity contribution in [1.29, 1.82) is 0 Å². The molecule has 4 rings (SSSR count). The van der Waals surface area contributed by atoms with E-state index < -0.39 is 14.6 Å². The van der Waals surface area contributed by atoms with Gasteiger partial charge in [-0.3, -0.25) is 0 Å². The Morgan fingerprint density at radius 2 is 2.00 bits per heavy atom. The lowest BCUT2D eigenvalue weighted by Crippen LogP contribution is -2.56. The number of ether oxygens (including phenoxy) is 2. The van der Waals surface area contributed by atoms with Crippen LogP contribution >= 0.6 is 11.6 Å². The fourth-order valence-corrected chi connectivity index (χ4v) is 5.01. The van der Waals surface area contributed by atoms with E-state index in [-0.39, 0.29) is 17.4 Å². The van der Waals surface area contributed by atoms with Crippen LogP contribution in [0, 0.1) is 0 Å². The monoisotopic (exact) mass is 359 g/mol. The number of fused-ring (bicyclic) bond motifs is 3. The van der Waals surface area contributed by atoms with Crippen molar-refractivity contribution in [2.75, 3.05) is 31.0 Å². The van der Waals surface area contributed by atoms with Gasteiger partial charge < -0.3 is 14.4 Å². The molecule has 1 saturated carbocycles. The summed E-state index contributed by atoms with van der Waals surface area (Å²) in [5, 5.41) is 0.0524. The molecule has 1 aromatic heterocycles. The number of hydrogen-bond donors (Lipinski definition) is 0. The van der Waals surface area contributed by atoms with Gasteiger partial charge in [0.05, 0.1) is 25.3 Å². The summed E-state index contributed by atoms with van der Waals surface area (Å²) < 4.78 is 35.0. The Bertz CT molecular complexity index is 766. The standard InChI is InChI=1S/C14H18ClN3O4S/c1-8-5-21-6-9-7-22-10-11(14(3-4-14)23(2,19)20)16-13(15)17-12(10)18(8)9/h8-9H,3-7H2,1-2H3/t8-,9+/m1/s1. The molecule has 2 aliphatic heterocycles. The summed E-state index contributed by atoms with van der Waals surface area (Å²) in [6.07, 6.45) is 2.32. The summed E-state index contributed by atoms with van der Waals surface area (Å²) in [7, 11) is -3.31. The maximum atomic E-state index is 12.3. The lowest BCUT2D eigenvalue weighted by molar-refractivity contribution is 0.0483. The summed E-state index contributed by atoms with van der Waals surface area (Å²) in [5.41, 5.74) is 0.409. The van der Waals surface area contributed by atoms with Crippen molar-refractivity contribution in [3.63, 3.8) is 0 Å². The first-order valence-electron chi connectivity index (χ1n) is 7.60. The molecule has 0 bridgehead atoms. The van der Waals surface area contributed by atoms with Crippen molar-refractivity contribution in [3.8, 4) is 5.75 Å². The molecule has 0 N–H and O–H groups in total. The van der Waals surface area contributed by atoms with Crippen LogP contribution in [-0.4, -0.2) is 56.5 Å². The molecular weight excluding hydrogens is 342 g/mol. The number of sulfone groups is 1. The average molecular weight is 360 g/mol. The molecule has 0 amide bonds. The first-order valence-corrected chi connectivity index (χ1v) is 9.87. The molecule has 3 aliphatic rings. The van der Waals surface area contributed by atoms with Crippen LogP contribution in [0.5, 0.6) is 5.75 Å². The van der Waals surface area contributed by atoms with Gasteiger partial charge in [0.2, 0.25) is 5.28 Å². The highest BCUT2D eigenvalue weighted by Crippen LogP contribution is 2.56. The zero-order valence-corrected chi connectivity index (χ0v) is 14.5. The van der Waals surface area contributed by atoms with Crippen molar-refractivity contribution in [3.05, 3.63) is 11.0 Å². The van der Waals surface area contributed by atoms with E-state index in [0.29, 0.717) is 49.9 Å². The highest BCUT2D eigenvalue weighted by Gasteiger charge is 2.58. The SMILES string of the molecule is C[C@@H]1COC[C@H]2COc3c(nc(Cl)nc3C3(S(C)(=O)=O)CC3)N21. The molecule has 0 unspecified atom stereocenters. The summed E-state index contributed by atoms with van der Waals surface area (Å²) in [6, 6.07) is 0.169. The van der Waals surface area contributed by atoms with Crippen LogP contribution in [0.25, 0.3) is 0 Å². The third-order valence-corrected chi connectivity index (χ3v) is 7.06. The van der Waals surface area contributed by atoms with Crippen LogP contribution in [0.15, 0.2) is 0 Å². The van der Waals surface area contributed by atoms with Crippen LogP contribution in [0.2, 0.25) is 5.28 Å². The zero-order chi connectivity index (χ0) is 16.4. The van der Waals surface area contributed by atoms with E-state index in [1.165, 1.54) is 6.26 Å². The Balaban J connectivity index is 1.89. The molecule has 1 saturated heterocycles. The van der Waals surface area contributed by atoms with Gasteiger partial charge in [-0.2, -0.15) is 4.98 Å². The minimum atomic E-state index is -3.31. The van der Waals surface area contributed by atoms with Gasteiger partial charge in [-0.15, -0.1) is 0 Å². The first-order chi connectivity index (χ1) is 10.8. The van der Waals surface area contributed by atoms with Gasteiger partial charge >= 0.3 is 0 Å². The van der Waals surface area contributed by atoms with Gasteiger partial charge in [0.1, 0.15) is 17.0 Å². The number of nitrogens with zero attached hydrogens (tertiary/aromatic N) is 3. The van der Waals surface area contributed by atoms with E-state index in [2.05, 4.69) is 14.9 Å². The summed E-state index contributed by atoms with van der Waals surface area (Å²) in [5.74, 6) is 1.05. The van der Waals surface area contributed by atoms with Crippen molar-refractivity contribution in [2.45, 2.75) is 36.6 Å². The van der Waals surface area contributed by atoms with E-state index >= 15 is 0 Å². The van der Waals surface area contributed by atoms with Crippen LogP contribution in [0.4, 0.5) is 5.82 Å². The van der Waals surface area contributed by atoms with E-state index in [0.717, 1.165) is 0 Å². The molecule has 7 nitrogen and oxygen atoms in total. The van der Waals surface area contributed by atoms with Crippen LogP contribution < -0.4 is 9.64 Å². The topological polar surface area (TPSA) is 81.6 Å². The second kappa shape index (κ2) is 4.94. The zero-order valence-electron chi connectivity index (χ0n) is 13.0. The predicted octanol–water partition coefficient (Wildman–Crippen LogP) is 1.15. The fraction of sp³-hybridized carbons (Fsp3) is 0.714. The van der Waals surface area contributed by atoms with Gasteiger partial charge in [-0.05, 0) is 31.4 Å². The van der Waals surface area contributed by atoms with E-state index in [9.17, 15) is 8.42 Å². The quantitative estimate of drug-likeness (QED) is 0.732. The van der Waals surface area contributed by atoms with Gasteiger partial charge in [0.25, 0.3) is 0 Å². The number of hydrogen-bond acceptors (Lipinski definition) is 7. The van der Waals surface area contributed by atoms with Gasteiger partial charge in [0, 0.05) is 6.26 Å². The van der Waals surface area contributed by atoms with E-state index in [1.807, 2.05) is 6.92 Å². The number of aromatic nitrogens is 2. The lowest BCUT2D eigenvalue weighted by Gasteiger charge is -2.44. The van der Waals surface area contributed by atoms with Crippen molar-refractivity contribution in [2.24, 2.45) is 0 Å². The third-order valence-electron chi connectivity index (χ3n) is 4.87. The van der Waals surface area contributed by atoms with E-state index in [1.54, 1.807) is 0 Å². The number of rotatable bonds is 2. The molecule has 2 atom stereocenters. The lowest BCUT2D eigenvalue weighted by atomic mass is 10.1. The molecule has 23 heavy (non-hydrogen) atoms. The number of anilines is 1. The molecule has 0 aromatic carbocycles. The van der Waals surface area contributed by atoms with Crippen LogP contribution in [0.1, 0.15) is 25.5 Å². The minimum absolute atomic E-state index is 0.0524. The fourth-order valence-electron chi connectivity index (χ4n) is 3.51. The van der Waals surface area contributed by atoms with Crippen LogP contribution in [0.3, 0.4) is 0 Å². The number of morpholine rings is 1. The normalized spacial score (nSPS) is 28.6. The smallest absolute Gasteiger partial charge is 0.224 e. The molecule has 0 spiro atoms. The average Bonchev–Trinajstić information content (AvgIpc) is 3.27. The summed E-state index contributed by atoms with van der Waals surface area (Å²) in [4.78, 5) is 10.7. The Labute approximate surface area is 139 Å². The molecule has 3 heterocycles. The molecular formula is C14H18ClN3O4S. The molecule has 1 aromatic rings. The Hall–Kier alpha value is -1.12. The van der Waals surface area contributed by atoms with Crippen molar-refractivity contribution >= 4 is 27.3 Å². The van der Waals surface area contributed by atoms with Crippen LogP contribution in [-0.2, 0) is 19.3 Å². The minimum Gasteiger partial charge on any atom is -0.486 e. The molecule has 9 heteroatoms. The maximum absolute atomic E-state index is 12.3. The molecule has 1 aliphatic carbocycles. The van der Waals surface area contributed by atoms with E-state index in [4.69, 9.17) is 21.1 Å². The Morgan fingerprint density at radius 3 is 2.65 bits per heavy atom. The highest BCUT2D eigenvalue weighted by atomic mass is 35.5. The molecule has 2 fully saturated rings. The Morgan fingerprint density at radius 1 is 1.26 bits per heavy atom.